The first-order valence-corrected chi connectivity index (χ1v) is 6.20. The zero-order valence-electron chi connectivity index (χ0n) is 11.0. The van der Waals surface area contributed by atoms with E-state index in [9.17, 15) is 4.79 Å². The fourth-order valence-corrected chi connectivity index (χ4v) is 1.92. The minimum Gasteiger partial charge on any atom is -0.298 e. The van der Waals surface area contributed by atoms with Crippen LogP contribution in [-0.2, 0) is 12.8 Å². The topological polar surface area (TPSA) is 47.8 Å². The third kappa shape index (κ3) is 2.18. The molecule has 0 bridgehead atoms. The van der Waals surface area contributed by atoms with Crippen molar-refractivity contribution in [3.05, 3.63) is 41.0 Å². The Bertz CT molecular complexity index is 572. The van der Waals surface area contributed by atoms with Gasteiger partial charge in [-0.05, 0) is 19.1 Å². The van der Waals surface area contributed by atoms with Gasteiger partial charge in [-0.3, -0.25) is 4.79 Å². The summed E-state index contributed by atoms with van der Waals surface area (Å²) < 4.78 is 1.78. The van der Waals surface area contributed by atoms with Gasteiger partial charge in [0.2, 0.25) is 0 Å². The third-order valence-corrected chi connectivity index (χ3v) is 2.89. The minimum atomic E-state index is 0.650. The maximum Gasteiger partial charge on any atom is 0.152 e. The highest BCUT2D eigenvalue weighted by Crippen LogP contribution is 2.16. The van der Waals surface area contributed by atoms with Gasteiger partial charge in [0, 0.05) is 18.4 Å². The number of nitrogens with zero attached hydrogens (tertiary/aromatic N) is 3. The van der Waals surface area contributed by atoms with Crippen molar-refractivity contribution in [3.8, 4) is 5.69 Å². The molecule has 0 saturated carbocycles. The Kier molecular flexibility index (Phi) is 3.55. The number of benzene rings is 1. The Hall–Kier alpha value is -1.97. The molecule has 0 aliphatic rings. The molecule has 2 rings (SSSR count). The molecule has 0 aliphatic heterocycles. The van der Waals surface area contributed by atoms with Crippen LogP contribution in [0.15, 0.2) is 18.2 Å². The highest BCUT2D eigenvalue weighted by Gasteiger charge is 2.12. The maximum absolute atomic E-state index is 11.2. The highest BCUT2D eigenvalue weighted by atomic mass is 16.1. The van der Waals surface area contributed by atoms with Gasteiger partial charge in [-0.25, -0.2) is 9.67 Å². The first kappa shape index (κ1) is 12.5. The van der Waals surface area contributed by atoms with E-state index in [4.69, 9.17) is 0 Å². The monoisotopic (exact) mass is 243 g/mol. The van der Waals surface area contributed by atoms with Crippen molar-refractivity contribution >= 4 is 6.29 Å². The Morgan fingerprint density at radius 1 is 1.28 bits per heavy atom. The molecular formula is C14H17N3O. The summed E-state index contributed by atoms with van der Waals surface area (Å²) in [5, 5.41) is 4.45. The summed E-state index contributed by atoms with van der Waals surface area (Å²) in [6.07, 6.45) is 2.45. The van der Waals surface area contributed by atoms with Gasteiger partial charge in [0.25, 0.3) is 0 Å². The number of aromatic nitrogens is 3. The number of aryl methyl sites for hydroxylation is 3. The molecule has 1 heterocycles. The molecule has 0 N–H and O–H groups in total. The average Bonchev–Trinajstić information content (AvgIpc) is 2.81. The van der Waals surface area contributed by atoms with Crippen LogP contribution in [0.1, 0.15) is 41.4 Å². The summed E-state index contributed by atoms with van der Waals surface area (Å²) in [5.41, 5.74) is 2.52. The zero-order chi connectivity index (χ0) is 13.1. The second-order valence-electron chi connectivity index (χ2n) is 4.24. The molecule has 0 aliphatic carbocycles. The largest absolute Gasteiger partial charge is 0.298 e. The molecule has 0 amide bonds. The number of rotatable bonds is 4. The molecule has 1 aromatic heterocycles. The summed E-state index contributed by atoms with van der Waals surface area (Å²) in [4.78, 5) is 15.6. The molecule has 1 aromatic carbocycles. The zero-order valence-corrected chi connectivity index (χ0v) is 11.0. The first-order chi connectivity index (χ1) is 8.69. The molecule has 0 saturated heterocycles. The molecule has 0 fully saturated rings. The maximum atomic E-state index is 11.2. The second kappa shape index (κ2) is 5.12. The summed E-state index contributed by atoms with van der Waals surface area (Å²) in [6, 6.07) is 5.77. The number of hydrogen-bond donors (Lipinski definition) is 0. The van der Waals surface area contributed by atoms with E-state index in [0.717, 1.165) is 42.0 Å². The lowest BCUT2D eigenvalue weighted by molar-refractivity contribution is 0.112. The quantitative estimate of drug-likeness (QED) is 0.775. The SMILES string of the molecule is CCc1nc(CC)n(-c2ccc(C)cc2C=O)n1. The van der Waals surface area contributed by atoms with Gasteiger partial charge < -0.3 is 0 Å². The molecule has 0 spiro atoms. The van der Waals surface area contributed by atoms with Gasteiger partial charge in [0.1, 0.15) is 5.82 Å². The van der Waals surface area contributed by atoms with Crippen LogP contribution in [0.2, 0.25) is 0 Å². The highest BCUT2D eigenvalue weighted by molar-refractivity contribution is 5.81. The fourth-order valence-electron chi connectivity index (χ4n) is 1.92. The van der Waals surface area contributed by atoms with Crippen molar-refractivity contribution in [3.63, 3.8) is 0 Å². The van der Waals surface area contributed by atoms with E-state index in [1.54, 1.807) is 4.68 Å². The summed E-state index contributed by atoms with van der Waals surface area (Å²) in [7, 11) is 0. The van der Waals surface area contributed by atoms with Crippen LogP contribution in [0.25, 0.3) is 5.69 Å². The van der Waals surface area contributed by atoms with Crippen molar-refractivity contribution in [2.75, 3.05) is 0 Å². The van der Waals surface area contributed by atoms with E-state index < -0.39 is 0 Å². The lowest BCUT2D eigenvalue weighted by Gasteiger charge is -2.07. The van der Waals surface area contributed by atoms with Crippen molar-refractivity contribution in [2.45, 2.75) is 33.6 Å². The van der Waals surface area contributed by atoms with E-state index in [2.05, 4.69) is 10.1 Å². The Morgan fingerprint density at radius 3 is 2.67 bits per heavy atom. The summed E-state index contributed by atoms with van der Waals surface area (Å²) in [5.74, 6) is 1.70. The van der Waals surface area contributed by atoms with Gasteiger partial charge in [0.05, 0.1) is 5.69 Å². The van der Waals surface area contributed by atoms with Gasteiger partial charge >= 0.3 is 0 Å². The smallest absolute Gasteiger partial charge is 0.152 e. The van der Waals surface area contributed by atoms with E-state index >= 15 is 0 Å². The van der Waals surface area contributed by atoms with Crippen LogP contribution in [-0.4, -0.2) is 21.1 Å². The van der Waals surface area contributed by atoms with E-state index in [1.807, 2.05) is 39.0 Å². The normalized spacial score (nSPS) is 10.6. The van der Waals surface area contributed by atoms with Gasteiger partial charge in [-0.15, -0.1) is 0 Å². The second-order valence-corrected chi connectivity index (χ2v) is 4.24. The third-order valence-electron chi connectivity index (χ3n) is 2.89. The average molecular weight is 243 g/mol. The lowest BCUT2D eigenvalue weighted by Crippen LogP contribution is -2.05. The van der Waals surface area contributed by atoms with E-state index in [-0.39, 0.29) is 0 Å². The van der Waals surface area contributed by atoms with Crippen LogP contribution >= 0.6 is 0 Å². The van der Waals surface area contributed by atoms with Crippen LogP contribution < -0.4 is 0 Å². The number of aldehydes is 1. The predicted molar refractivity (Wildman–Crippen MR) is 70.2 cm³/mol. The summed E-state index contributed by atoms with van der Waals surface area (Å²) >= 11 is 0. The number of carbonyl (C=O) groups excluding carboxylic acids is 1. The van der Waals surface area contributed by atoms with E-state index in [1.165, 1.54) is 0 Å². The van der Waals surface area contributed by atoms with E-state index in [0.29, 0.717) is 5.56 Å². The lowest BCUT2D eigenvalue weighted by atomic mass is 10.1. The van der Waals surface area contributed by atoms with Crippen LogP contribution in [0.3, 0.4) is 0 Å². The molecule has 4 nitrogen and oxygen atoms in total. The first-order valence-electron chi connectivity index (χ1n) is 6.20. The Balaban J connectivity index is 2.60. The molecule has 0 atom stereocenters. The molecule has 4 heteroatoms. The van der Waals surface area contributed by atoms with Gasteiger partial charge in [-0.1, -0.05) is 25.5 Å². The van der Waals surface area contributed by atoms with Gasteiger partial charge in [0.15, 0.2) is 12.1 Å². The van der Waals surface area contributed by atoms with Gasteiger partial charge in [-0.2, -0.15) is 5.10 Å². The van der Waals surface area contributed by atoms with Crippen molar-refractivity contribution in [1.29, 1.82) is 0 Å². The molecule has 0 unspecified atom stereocenters. The predicted octanol–water partition coefficient (Wildman–Crippen LogP) is 2.51. The molecule has 18 heavy (non-hydrogen) atoms. The number of hydrogen-bond acceptors (Lipinski definition) is 3. The Morgan fingerprint density at radius 2 is 2.06 bits per heavy atom. The molecular weight excluding hydrogens is 226 g/mol. The van der Waals surface area contributed by atoms with Crippen molar-refractivity contribution in [1.82, 2.24) is 14.8 Å². The summed E-state index contributed by atoms with van der Waals surface area (Å²) in [6.45, 7) is 6.03. The van der Waals surface area contributed by atoms with Crippen LogP contribution in [0, 0.1) is 6.92 Å². The van der Waals surface area contributed by atoms with Crippen LogP contribution in [0.4, 0.5) is 0 Å². The van der Waals surface area contributed by atoms with Crippen LogP contribution in [0.5, 0.6) is 0 Å². The number of carbonyl (C=O) groups is 1. The minimum absolute atomic E-state index is 0.650. The fraction of sp³-hybridized carbons (Fsp3) is 0.357. The molecule has 2 aromatic rings. The Labute approximate surface area is 107 Å². The molecule has 94 valence electrons. The standard InChI is InChI=1S/C14H17N3O/c1-4-13-15-14(5-2)17(16-13)12-7-6-10(3)8-11(12)9-18/h6-9H,4-5H2,1-3H3. The van der Waals surface area contributed by atoms with Crippen molar-refractivity contribution < 1.29 is 4.79 Å². The molecule has 0 radical (unpaired) electrons. The van der Waals surface area contributed by atoms with Crippen molar-refractivity contribution in [2.24, 2.45) is 0 Å².